The van der Waals surface area contributed by atoms with Gasteiger partial charge in [-0.25, -0.2) is 0 Å². The van der Waals surface area contributed by atoms with E-state index in [2.05, 4.69) is 24.3 Å². The van der Waals surface area contributed by atoms with E-state index in [1.54, 1.807) is 0 Å². The molecule has 0 aliphatic heterocycles. The van der Waals surface area contributed by atoms with Crippen LogP contribution in [0.5, 0.6) is 11.5 Å². The van der Waals surface area contributed by atoms with Crippen LogP contribution in [0.3, 0.4) is 0 Å². The smallest absolute Gasteiger partial charge is 0.119 e. The zero-order chi connectivity index (χ0) is 20.6. The highest BCUT2D eigenvalue weighted by atomic mass is 16.5. The Morgan fingerprint density at radius 3 is 1.24 bits per heavy atom. The van der Waals surface area contributed by atoms with E-state index in [9.17, 15) is 0 Å². The van der Waals surface area contributed by atoms with E-state index in [1.165, 1.54) is 11.1 Å². The number of benzene rings is 2. The van der Waals surface area contributed by atoms with Crippen molar-refractivity contribution in [1.29, 1.82) is 0 Å². The van der Waals surface area contributed by atoms with Crippen LogP contribution in [0.15, 0.2) is 48.5 Å². The fourth-order valence-electron chi connectivity index (χ4n) is 3.16. The number of aliphatic hydroxyl groups is 2. The summed E-state index contributed by atoms with van der Waals surface area (Å²) >= 11 is 0. The van der Waals surface area contributed by atoms with Crippen molar-refractivity contribution in [2.75, 3.05) is 26.4 Å². The zero-order valence-corrected chi connectivity index (χ0v) is 17.5. The summed E-state index contributed by atoms with van der Waals surface area (Å²) in [4.78, 5) is 0. The monoisotopic (exact) mass is 400 g/mol. The van der Waals surface area contributed by atoms with Gasteiger partial charge in [0.2, 0.25) is 0 Å². The molecule has 2 N–H and O–H groups in total. The van der Waals surface area contributed by atoms with E-state index in [4.69, 9.17) is 19.7 Å². The standard InChI is InChI=1S/C25H36O4/c26-17-5-1-3-7-19-28-24-13-9-22(10-14-24)21-23-11-15-25(16-12-23)29-20-8-4-2-6-18-27/h9-16,26-27H,1-8,17-21H2. The Morgan fingerprint density at radius 1 is 0.483 bits per heavy atom. The van der Waals surface area contributed by atoms with Gasteiger partial charge in [0.15, 0.2) is 0 Å². The number of hydrogen-bond acceptors (Lipinski definition) is 4. The number of unbranched alkanes of at least 4 members (excludes halogenated alkanes) is 6. The molecule has 160 valence electrons. The first-order valence-corrected chi connectivity index (χ1v) is 11.0. The van der Waals surface area contributed by atoms with Gasteiger partial charge in [0.05, 0.1) is 13.2 Å². The third-order valence-electron chi connectivity index (χ3n) is 4.90. The topological polar surface area (TPSA) is 58.9 Å². The highest BCUT2D eigenvalue weighted by molar-refractivity contribution is 5.34. The molecule has 0 saturated carbocycles. The third kappa shape index (κ3) is 10.3. The lowest BCUT2D eigenvalue weighted by molar-refractivity contribution is 0.273. The first kappa shape index (κ1) is 23.2. The Labute approximate surface area is 175 Å². The van der Waals surface area contributed by atoms with Crippen molar-refractivity contribution in [3.63, 3.8) is 0 Å². The van der Waals surface area contributed by atoms with Crippen LogP contribution in [0.1, 0.15) is 62.5 Å². The zero-order valence-electron chi connectivity index (χ0n) is 17.5. The molecular weight excluding hydrogens is 364 g/mol. The Kier molecular flexibility index (Phi) is 11.9. The molecule has 0 saturated heterocycles. The largest absolute Gasteiger partial charge is 0.494 e. The third-order valence-corrected chi connectivity index (χ3v) is 4.90. The SMILES string of the molecule is OCCCCCCOc1ccc(Cc2ccc(OCCCCCCO)cc2)cc1. The summed E-state index contributed by atoms with van der Waals surface area (Å²) < 4.78 is 11.6. The van der Waals surface area contributed by atoms with Crippen LogP contribution in [0.2, 0.25) is 0 Å². The molecule has 0 spiro atoms. The van der Waals surface area contributed by atoms with E-state index in [1.807, 2.05) is 24.3 Å². The minimum absolute atomic E-state index is 0.282. The van der Waals surface area contributed by atoms with Crippen molar-refractivity contribution in [2.24, 2.45) is 0 Å². The highest BCUT2D eigenvalue weighted by Crippen LogP contribution is 2.18. The normalized spacial score (nSPS) is 10.8. The summed E-state index contributed by atoms with van der Waals surface area (Å²) in [5.41, 5.74) is 2.52. The lowest BCUT2D eigenvalue weighted by atomic mass is 10.0. The van der Waals surface area contributed by atoms with Crippen molar-refractivity contribution in [3.05, 3.63) is 59.7 Å². The molecule has 0 atom stereocenters. The van der Waals surface area contributed by atoms with Gasteiger partial charge in [-0.3, -0.25) is 0 Å². The van der Waals surface area contributed by atoms with E-state index in [-0.39, 0.29) is 13.2 Å². The van der Waals surface area contributed by atoms with Gasteiger partial charge in [0.1, 0.15) is 11.5 Å². The quantitative estimate of drug-likeness (QED) is 0.383. The van der Waals surface area contributed by atoms with Gasteiger partial charge in [0.25, 0.3) is 0 Å². The molecule has 0 amide bonds. The molecule has 0 fully saturated rings. The first-order valence-electron chi connectivity index (χ1n) is 11.0. The number of hydrogen-bond donors (Lipinski definition) is 2. The van der Waals surface area contributed by atoms with Crippen LogP contribution in [0, 0.1) is 0 Å². The van der Waals surface area contributed by atoms with Gasteiger partial charge in [-0.2, -0.15) is 0 Å². The van der Waals surface area contributed by atoms with Gasteiger partial charge < -0.3 is 19.7 Å². The molecule has 0 unspecified atom stereocenters. The molecule has 2 aromatic rings. The minimum atomic E-state index is 0.282. The Morgan fingerprint density at radius 2 is 0.862 bits per heavy atom. The summed E-state index contributed by atoms with van der Waals surface area (Å²) in [6.07, 6.45) is 9.03. The highest BCUT2D eigenvalue weighted by Gasteiger charge is 2.00. The number of aliphatic hydroxyl groups excluding tert-OH is 2. The maximum atomic E-state index is 8.77. The second-order valence-corrected chi connectivity index (χ2v) is 7.44. The van der Waals surface area contributed by atoms with Gasteiger partial charge >= 0.3 is 0 Å². The molecule has 29 heavy (non-hydrogen) atoms. The second kappa shape index (κ2) is 14.9. The summed E-state index contributed by atoms with van der Waals surface area (Å²) in [7, 11) is 0. The van der Waals surface area contributed by atoms with Crippen LogP contribution in [-0.2, 0) is 6.42 Å². The maximum absolute atomic E-state index is 8.77. The average Bonchev–Trinajstić information content (AvgIpc) is 2.75. The van der Waals surface area contributed by atoms with Gasteiger partial charge in [-0.1, -0.05) is 37.1 Å². The van der Waals surface area contributed by atoms with E-state index >= 15 is 0 Å². The van der Waals surface area contributed by atoms with Crippen LogP contribution in [0.4, 0.5) is 0 Å². The predicted octanol–water partition coefficient (Wildman–Crippen LogP) is 5.14. The molecule has 2 aromatic carbocycles. The van der Waals surface area contributed by atoms with Crippen molar-refractivity contribution in [1.82, 2.24) is 0 Å². The predicted molar refractivity (Wildman–Crippen MR) is 118 cm³/mol. The Hall–Kier alpha value is -2.04. The second-order valence-electron chi connectivity index (χ2n) is 7.44. The lowest BCUT2D eigenvalue weighted by Gasteiger charge is -2.09. The van der Waals surface area contributed by atoms with Gasteiger partial charge in [0, 0.05) is 13.2 Å². The Balaban J connectivity index is 1.66. The molecule has 0 aliphatic carbocycles. The maximum Gasteiger partial charge on any atom is 0.119 e. The first-order chi connectivity index (χ1) is 14.3. The van der Waals surface area contributed by atoms with Crippen LogP contribution < -0.4 is 9.47 Å². The van der Waals surface area contributed by atoms with Gasteiger partial charge in [-0.05, 0) is 80.3 Å². The average molecular weight is 401 g/mol. The summed E-state index contributed by atoms with van der Waals surface area (Å²) in [5.74, 6) is 1.83. The van der Waals surface area contributed by atoms with Crippen molar-refractivity contribution in [3.8, 4) is 11.5 Å². The minimum Gasteiger partial charge on any atom is -0.494 e. The van der Waals surface area contributed by atoms with Crippen LogP contribution in [0.25, 0.3) is 0 Å². The molecule has 4 heteroatoms. The molecule has 2 rings (SSSR count). The fourth-order valence-corrected chi connectivity index (χ4v) is 3.16. The fraction of sp³-hybridized carbons (Fsp3) is 0.520. The Bertz CT molecular complexity index is 579. The van der Waals surface area contributed by atoms with E-state index in [0.717, 1.165) is 82.5 Å². The lowest BCUT2D eigenvalue weighted by Crippen LogP contribution is -1.98. The van der Waals surface area contributed by atoms with E-state index < -0.39 is 0 Å². The summed E-state index contributed by atoms with van der Waals surface area (Å²) in [6.45, 7) is 2.02. The molecule has 0 bridgehead atoms. The van der Waals surface area contributed by atoms with Crippen LogP contribution in [-0.4, -0.2) is 36.6 Å². The summed E-state index contributed by atoms with van der Waals surface area (Å²) in [5, 5.41) is 17.5. The van der Waals surface area contributed by atoms with Gasteiger partial charge in [-0.15, -0.1) is 0 Å². The van der Waals surface area contributed by atoms with Crippen molar-refractivity contribution in [2.45, 2.75) is 57.8 Å². The van der Waals surface area contributed by atoms with Crippen LogP contribution >= 0.6 is 0 Å². The molecule has 0 aliphatic rings. The molecule has 0 heterocycles. The molecule has 0 radical (unpaired) electrons. The number of ether oxygens (including phenoxy) is 2. The van der Waals surface area contributed by atoms with E-state index in [0.29, 0.717) is 0 Å². The molecule has 0 aromatic heterocycles. The molecular formula is C25H36O4. The molecule has 4 nitrogen and oxygen atoms in total. The summed E-state index contributed by atoms with van der Waals surface area (Å²) in [6, 6.07) is 16.6. The number of rotatable bonds is 16. The van der Waals surface area contributed by atoms with Crippen molar-refractivity contribution < 1.29 is 19.7 Å². The van der Waals surface area contributed by atoms with Crippen molar-refractivity contribution >= 4 is 0 Å².